The quantitative estimate of drug-likeness (QED) is 0.417. The maximum absolute atomic E-state index is 12.7. The van der Waals surface area contributed by atoms with E-state index in [0.717, 1.165) is 22.8 Å². The zero-order valence-corrected chi connectivity index (χ0v) is 18.0. The van der Waals surface area contributed by atoms with Gasteiger partial charge in [0.05, 0.1) is 23.9 Å². The Morgan fingerprint density at radius 2 is 1.77 bits per heavy atom. The molecule has 7 nitrogen and oxygen atoms in total. The molecule has 2 aromatic heterocycles. The lowest BCUT2D eigenvalue weighted by atomic mass is 10.1. The number of ketones is 1. The predicted molar refractivity (Wildman–Crippen MR) is 113 cm³/mol. The maximum Gasteiger partial charge on any atom is 0.338 e. The number of carbonyl (C=O) groups excluding carboxylic acids is 2. The zero-order chi connectivity index (χ0) is 21.8. The number of carbonyl (C=O) groups is 2. The maximum atomic E-state index is 12.7. The molecular formula is C23H27N3O4. The van der Waals surface area contributed by atoms with Gasteiger partial charge in [0.25, 0.3) is 0 Å². The van der Waals surface area contributed by atoms with Gasteiger partial charge in [0.1, 0.15) is 0 Å². The molecule has 0 saturated carbocycles. The van der Waals surface area contributed by atoms with Crippen molar-refractivity contribution in [3.05, 3.63) is 70.8 Å². The molecule has 0 fully saturated rings. The van der Waals surface area contributed by atoms with E-state index in [4.69, 9.17) is 9.47 Å². The Morgan fingerprint density at radius 1 is 1.07 bits per heavy atom. The first kappa shape index (κ1) is 21.5. The number of ether oxygens (including phenoxy) is 2. The van der Waals surface area contributed by atoms with Crippen molar-refractivity contribution in [2.45, 2.75) is 33.7 Å². The molecule has 0 aliphatic heterocycles. The first-order chi connectivity index (χ1) is 14.3. The summed E-state index contributed by atoms with van der Waals surface area (Å²) < 4.78 is 14.3. The van der Waals surface area contributed by atoms with Crippen LogP contribution in [0.4, 0.5) is 0 Å². The number of aryl methyl sites for hydroxylation is 2. The Hall–Kier alpha value is -3.19. The summed E-state index contributed by atoms with van der Waals surface area (Å²) >= 11 is 0. The van der Waals surface area contributed by atoms with Crippen LogP contribution in [0.25, 0.3) is 5.69 Å². The highest BCUT2D eigenvalue weighted by Gasteiger charge is 2.20. The molecule has 3 aromatic rings. The van der Waals surface area contributed by atoms with Crippen molar-refractivity contribution < 1.29 is 19.1 Å². The average molecular weight is 409 g/mol. The van der Waals surface area contributed by atoms with Crippen LogP contribution in [0.5, 0.6) is 0 Å². The standard InChI is InChI=1S/C23H27N3O4/c1-15-10-11-24-26(15)20-8-6-19(7-9-20)23(28)30-14-22(27)21-12-16(2)25(18(21)4)17(3)13-29-5/h6-12,17H,13-14H2,1-5H3/t17-/m1/s1. The molecule has 0 aliphatic carbocycles. The van der Waals surface area contributed by atoms with Crippen molar-refractivity contribution in [3.8, 4) is 5.69 Å². The smallest absolute Gasteiger partial charge is 0.338 e. The van der Waals surface area contributed by atoms with Gasteiger partial charge in [-0.05, 0) is 64.1 Å². The highest BCUT2D eigenvalue weighted by Crippen LogP contribution is 2.21. The number of methoxy groups -OCH3 is 1. The van der Waals surface area contributed by atoms with Crippen molar-refractivity contribution in [1.29, 1.82) is 0 Å². The number of hydrogen-bond donors (Lipinski definition) is 0. The summed E-state index contributed by atoms with van der Waals surface area (Å²) in [5, 5.41) is 4.24. The number of aromatic nitrogens is 3. The van der Waals surface area contributed by atoms with E-state index in [1.807, 2.05) is 39.8 Å². The van der Waals surface area contributed by atoms with Crippen LogP contribution in [-0.2, 0) is 9.47 Å². The monoisotopic (exact) mass is 409 g/mol. The van der Waals surface area contributed by atoms with Gasteiger partial charge in [-0.15, -0.1) is 0 Å². The Morgan fingerprint density at radius 3 is 2.37 bits per heavy atom. The number of esters is 1. The van der Waals surface area contributed by atoms with Crippen LogP contribution in [0.15, 0.2) is 42.6 Å². The summed E-state index contributed by atoms with van der Waals surface area (Å²) in [6, 6.07) is 10.8. The molecule has 2 heterocycles. The van der Waals surface area contributed by atoms with Crippen molar-refractivity contribution in [2.75, 3.05) is 20.3 Å². The lowest BCUT2D eigenvalue weighted by Gasteiger charge is -2.17. The number of benzene rings is 1. The third-order valence-corrected chi connectivity index (χ3v) is 5.15. The van der Waals surface area contributed by atoms with Crippen LogP contribution in [0.2, 0.25) is 0 Å². The summed E-state index contributed by atoms with van der Waals surface area (Å²) in [6.07, 6.45) is 1.72. The molecule has 0 aliphatic rings. The first-order valence-corrected chi connectivity index (χ1v) is 9.82. The van der Waals surface area contributed by atoms with E-state index in [2.05, 4.69) is 9.67 Å². The summed E-state index contributed by atoms with van der Waals surface area (Å²) in [4.78, 5) is 25.0. The molecule has 0 amide bonds. The topological polar surface area (TPSA) is 75.3 Å². The molecule has 7 heteroatoms. The van der Waals surface area contributed by atoms with Crippen LogP contribution < -0.4 is 0 Å². The van der Waals surface area contributed by atoms with Gasteiger partial charge in [-0.2, -0.15) is 5.10 Å². The fourth-order valence-electron chi connectivity index (χ4n) is 3.72. The largest absolute Gasteiger partial charge is 0.454 e. The van der Waals surface area contributed by atoms with Gasteiger partial charge in [-0.25, -0.2) is 9.48 Å². The molecule has 0 spiro atoms. The predicted octanol–water partition coefficient (Wildman–Crippen LogP) is 3.85. The third-order valence-electron chi connectivity index (χ3n) is 5.15. The van der Waals surface area contributed by atoms with Gasteiger partial charge in [-0.1, -0.05) is 0 Å². The second-order valence-corrected chi connectivity index (χ2v) is 7.39. The van der Waals surface area contributed by atoms with Gasteiger partial charge >= 0.3 is 5.97 Å². The van der Waals surface area contributed by atoms with Crippen molar-refractivity contribution in [3.63, 3.8) is 0 Å². The first-order valence-electron chi connectivity index (χ1n) is 9.82. The van der Waals surface area contributed by atoms with E-state index >= 15 is 0 Å². The Labute approximate surface area is 176 Å². The van der Waals surface area contributed by atoms with Gasteiger partial charge in [0.15, 0.2) is 6.61 Å². The average Bonchev–Trinajstić information content (AvgIpc) is 3.28. The molecule has 0 radical (unpaired) electrons. The molecule has 0 saturated heterocycles. The summed E-state index contributed by atoms with van der Waals surface area (Å²) in [5.41, 5.74) is 4.60. The number of hydrogen-bond acceptors (Lipinski definition) is 5. The Kier molecular flexibility index (Phi) is 6.52. The minimum absolute atomic E-state index is 0.107. The molecule has 30 heavy (non-hydrogen) atoms. The number of rotatable bonds is 8. The van der Waals surface area contributed by atoms with Crippen LogP contribution in [0.1, 0.15) is 50.8 Å². The number of nitrogens with zero attached hydrogens (tertiary/aromatic N) is 3. The number of Topliss-reactive ketones (excluding diaryl/α,β-unsaturated/α-hetero) is 1. The lowest BCUT2D eigenvalue weighted by Crippen LogP contribution is -2.17. The minimum Gasteiger partial charge on any atom is -0.454 e. The van der Waals surface area contributed by atoms with Gasteiger partial charge in [-0.3, -0.25) is 4.79 Å². The van der Waals surface area contributed by atoms with Gasteiger partial charge < -0.3 is 14.0 Å². The molecule has 1 aromatic carbocycles. The van der Waals surface area contributed by atoms with Crippen LogP contribution >= 0.6 is 0 Å². The fraction of sp³-hybridized carbons (Fsp3) is 0.348. The summed E-state index contributed by atoms with van der Waals surface area (Å²) in [6.45, 7) is 8.07. The highest BCUT2D eigenvalue weighted by molar-refractivity contribution is 6.00. The Bertz CT molecular complexity index is 1050. The van der Waals surface area contributed by atoms with Crippen LogP contribution in [0, 0.1) is 20.8 Å². The highest BCUT2D eigenvalue weighted by atomic mass is 16.5. The molecular weight excluding hydrogens is 382 g/mol. The summed E-state index contributed by atoms with van der Waals surface area (Å²) in [5.74, 6) is -0.759. The second kappa shape index (κ2) is 9.09. The van der Waals surface area contributed by atoms with Crippen LogP contribution in [-0.4, -0.2) is 46.4 Å². The lowest BCUT2D eigenvalue weighted by molar-refractivity contribution is 0.0474. The van der Waals surface area contributed by atoms with Crippen molar-refractivity contribution in [2.24, 2.45) is 0 Å². The molecule has 158 valence electrons. The van der Waals surface area contributed by atoms with Gasteiger partial charge in [0.2, 0.25) is 5.78 Å². The van der Waals surface area contributed by atoms with E-state index in [1.165, 1.54) is 0 Å². The molecule has 0 N–H and O–H groups in total. The molecule has 3 rings (SSSR count). The van der Waals surface area contributed by atoms with E-state index in [1.54, 1.807) is 42.3 Å². The van der Waals surface area contributed by atoms with Crippen LogP contribution in [0.3, 0.4) is 0 Å². The van der Waals surface area contributed by atoms with E-state index in [0.29, 0.717) is 17.7 Å². The van der Waals surface area contributed by atoms with Gasteiger partial charge in [0, 0.05) is 36.0 Å². The van der Waals surface area contributed by atoms with E-state index in [-0.39, 0.29) is 18.4 Å². The molecule has 1 atom stereocenters. The minimum atomic E-state index is -0.534. The van der Waals surface area contributed by atoms with E-state index in [9.17, 15) is 9.59 Å². The van der Waals surface area contributed by atoms with Crippen molar-refractivity contribution in [1.82, 2.24) is 14.3 Å². The Balaban J connectivity index is 1.66. The van der Waals surface area contributed by atoms with E-state index < -0.39 is 5.97 Å². The second-order valence-electron chi connectivity index (χ2n) is 7.39. The molecule has 0 unspecified atom stereocenters. The summed E-state index contributed by atoms with van der Waals surface area (Å²) in [7, 11) is 1.65. The normalized spacial score (nSPS) is 12.0. The SMILES string of the molecule is COC[C@@H](C)n1c(C)cc(C(=O)COC(=O)c2ccc(-n3nccc3C)cc2)c1C. The fourth-order valence-corrected chi connectivity index (χ4v) is 3.72. The zero-order valence-electron chi connectivity index (χ0n) is 18.0. The third kappa shape index (κ3) is 4.36. The van der Waals surface area contributed by atoms with Crippen molar-refractivity contribution >= 4 is 11.8 Å². The molecule has 0 bridgehead atoms.